The number of aliphatic carboxylic acids is 1. The van der Waals surface area contributed by atoms with Crippen LogP contribution in [-0.2, 0) is 14.3 Å². The van der Waals surface area contributed by atoms with Gasteiger partial charge in [0, 0.05) is 25.3 Å². The molecule has 10 heteroatoms. The van der Waals surface area contributed by atoms with E-state index in [0.29, 0.717) is 0 Å². The van der Waals surface area contributed by atoms with Gasteiger partial charge in [-0.3, -0.25) is 4.79 Å². The summed E-state index contributed by atoms with van der Waals surface area (Å²) in [5.74, 6) is -2.63. The zero-order valence-corrected chi connectivity index (χ0v) is 17.5. The van der Waals surface area contributed by atoms with E-state index in [1.807, 2.05) is 48.5 Å². The van der Waals surface area contributed by atoms with Gasteiger partial charge in [-0.25, -0.2) is 18.4 Å². The van der Waals surface area contributed by atoms with Gasteiger partial charge in [0.1, 0.15) is 12.6 Å². The summed E-state index contributed by atoms with van der Waals surface area (Å²) in [7, 11) is 0. The van der Waals surface area contributed by atoms with E-state index in [-0.39, 0.29) is 25.5 Å². The molecule has 2 aromatic rings. The van der Waals surface area contributed by atoms with Crippen LogP contribution in [0.1, 0.15) is 29.9 Å². The largest absolute Gasteiger partial charge is 0.479 e. The molecular weight excluding hydrogens is 438 g/mol. The van der Waals surface area contributed by atoms with Crippen LogP contribution in [0, 0.1) is 0 Å². The first-order valence-electron chi connectivity index (χ1n) is 10.4. The number of alkyl carbamates (subject to hydrolysis) is 1. The Morgan fingerprint density at radius 3 is 2.12 bits per heavy atom. The third-order valence-corrected chi connectivity index (χ3v) is 5.37. The number of nitrogens with one attached hydrogen (secondary N) is 2. The molecule has 0 spiro atoms. The van der Waals surface area contributed by atoms with Gasteiger partial charge in [0.2, 0.25) is 12.3 Å². The van der Waals surface area contributed by atoms with Crippen LogP contribution < -0.4 is 10.6 Å². The highest BCUT2D eigenvalue weighted by atomic mass is 19.3. The first kappa shape index (κ1) is 24.1. The van der Waals surface area contributed by atoms with E-state index in [9.17, 15) is 28.3 Å². The van der Waals surface area contributed by atoms with Crippen LogP contribution in [0.4, 0.5) is 13.6 Å². The quantitative estimate of drug-likeness (QED) is 0.430. The number of alkyl halides is 2. The van der Waals surface area contributed by atoms with Crippen LogP contribution >= 0.6 is 0 Å². The van der Waals surface area contributed by atoms with Crippen LogP contribution in [0.25, 0.3) is 11.1 Å². The van der Waals surface area contributed by atoms with E-state index in [0.717, 1.165) is 22.3 Å². The number of ether oxygens (including phenoxy) is 1. The van der Waals surface area contributed by atoms with Crippen molar-refractivity contribution in [3.63, 3.8) is 0 Å². The van der Waals surface area contributed by atoms with Gasteiger partial charge >= 0.3 is 12.1 Å². The summed E-state index contributed by atoms with van der Waals surface area (Å²) in [6, 6.07) is 13.8. The summed E-state index contributed by atoms with van der Waals surface area (Å²) in [4.78, 5) is 35.1. The Morgan fingerprint density at radius 1 is 1.00 bits per heavy atom. The molecule has 0 bridgehead atoms. The van der Waals surface area contributed by atoms with Gasteiger partial charge in [0.25, 0.3) is 0 Å². The first-order valence-corrected chi connectivity index (χ1v) is 10.4. The summed E-state index contributed by atoms with van der Waals surface area (Å²) in [5, 5.41) is 22.2. The fraction of sp³-hybridized carbons (Fsp3) is 0.348. The summed E-state index contributed by atoms with van der Waals surface area (Å²) in [6.07, 6.45) is -6.86. The Labute approximate surface area is 188 Å². The van der Waals surface area contributed by atoms with E-state index in [1.54, 1.807) is 0 Å². The number of amides is 2. The molecule has 0 saturated carbocycles. The molecule has 0 radical (unpaired) electrons. The summed E-state index contributed by atoms with van der Waals surface area (Å²) < 4.78 is 31.1. The van der Waals surface area contributed by atoms with Crippen molar-refractivity contribution in [1.29, 1.82) is 0 Å². The fourth-order valence-electron chi connectivity index (χ4n) is 3.77. The summed E-state index contributed by atoms with van der Waals surface area (Å²) in [6.45, 7) is -0.313. The molecule has 0 aliphatic heterocycles. The molecule has 0 saturated heterocycles. The molecule has 2 atom stereocenters. The van der Waals surface area contributed by atoms with E-state index in [2.05, 4.69) is 10.6 Å². The normalized spacial score (nSPS) is 14.2. The molecule has 2 amide bonds. The molecule has 8 nitrogen and oxygen atoms in total. The van der Waals surface area contributed by atoms with Gasteiger partial charge in [0.05, 0.1) is 0 Å². The van der Waals surface area contributed by atoms with Gasteiger partial charge < -0.3 is 25.6 Å². The molecule has 1 unspecified atom stereocenters. The Bertz CT molecular complexity index is 970. The predicted molar refractivity (Wildman–Crippen MR) is 114 cm³/mol. The summed E-state index contributed by atoms with van der Waals surface area (Å²) >= 11 is 0. The van der Waals surface area contributed by atoms with Crippen molar-refractivity contribution in [2.75, 3.05) is 13.2 Å². The number of fused-ring (bicyclic) bond motifs is 3. The first-order chi connectivity index (χ1) is 15.8. The highest BCUT2D eigenvalue weighted by Gasteiger charge is 2.30. The van der Waals surface area contributed by atoms with Crippen molar-refractivity contribution in [3.05, 3.63) is 59.7 Å². The summed E-state index contributed by atoms with van der Waals surface area (Å²) in [5.41, 5.74) is 4.01. The number of aliphatic hydroxyl groups excluding tert-OH is 1. The zero-order valence-electron chi connectivity index (χ0n) is 17.5. The molecule has 0 aromatic heterocycles. The Kier molecular flexibility index (Phi) is 7.94. The minimum Gasteiger partial charge on any atom is -0.479 e. The molecule has 1 aliphatic carbocycles. The van der Waals surface area contributed by atoms with Crippen LogP contribution in [0.15, 0.2) is 48.5 Å². The minimum atomic E-state index is -2.88. The molecule has 2 aromatic carbocycles. The van der Waals surface area contributed by atoms with E-state index in [4.69, 9.17) is 9.84 Å². The van der Waals surface area contributed by atoms with Crippen LogP contribution in [0.2, 0.25) is 0 Å². The van der Waals surface area contributed by atoms with Crippen molar-refractivity contribution < 1.29 is 38.1 Å². The van der Waals surface area contributed by atoms with E-state index >= 15 is 0 Å². The number of hydrogen-bond donors (Lipinski definition) is 4. The number of hydrogen-bond acceptors (Lipinski definition) is 5. The minimum absolute atomic E-state index is 0.0479. The lowest BCUT2D eigenvalue weighted by Gasteiger charge is -2.19. The van der Waals surface area contributed by atoms with Crippen molar-refractivity contribution in [1.82, 2.24) is 10.6 Å². The molecule has 1 aliphatic rings. The molecule has 176 valence electrons. The number of halogens is 2. The second kappa shape index (κ2) is 10.9. The maximum absolute atomic E-state index is 12.9. The van der Waals surface area contributed by atoms with E-state index < -0.39 is 43.0 Å². The third-order valence-electron chi connectivity index (χ3n) is 5.37. The van der Waals surface area contributed by atoms with Gasteiger partial charge in [-0.2, -0.15) is 0 Å². The zero-order chi connectivity index (χ0) is 24.0. The maximum Gasteiger partial charge on any atom is 0.407 e. The predicted octanol–water partition coefficient (Wildman–Crippen LogP) is 2.50. The number of rotatable bonds is 10. The second-order valence-corrected chi connectivity index (χ2v) is 7.58. The number of carbonyl (C=O) groups excluding carboxylic acids is 2. The fourth-order valence-corrected chi connectivity index (χ4v) is 3.77. The van der Waals surface area contributed by atoms with Gasteiger partial charge in [-0.15, -0.1) is 0 Å². The van der Waals surface area contributed by atoms with Crippen LogP contribution in [-0.4, -0.2) is 59.9 Å². The highest BCUT2D eigenvalue weighted by molar-refractivity contribution is 5.86. The molecule has 3 rings (SSSR count). The third kappa shape index (κ3) is 6.04. The number of carboxylic acid groups (broad SMARTS) is 1. The van der Waals surface area contributed by atoms with Crippen molar-refractivity contribution in [2.45, 2.75) is 37.3 Å². The van der Waals surface area contributed by atoms with E-state index in [1.165, 1.54) is 0 Å². The van der Waals surface area contributed by atoms with Gasteiger partial charge in [-0.05, 0) is 22.3 Å². The topological polar surface area (TPSA) is 125 Å². The monoisotopic (exact) mass is 462 g/mol. The molecular formula is C23H24F2N2O6. The van der Waals surface area contributed by atoms with Crippen LogP contribution in [0.3, 0.4) is 0 Å². The number of carbonyl (C=O) groups is 3. The number of aliphatic hydroxyl groups is 1. The highest BCUT2D eigenvalue weighted by Crippen LogP contribution is 2.44. The standard InChI is InChI=1S/C23H24F2N2O6/c24-20(25)11-18(21(29)26-10-9-19(28)22(30)31)27-23(32)33-12-17-15-7-3-1-5-13(15)14-6-2-4-8-16(14)17/h1-8,17-20,28H,9-12H2,(H,26,29)(H,27,32)(H,30,31)/t18?,19-/m0/s1. The maximum atomic E-state index is 12.9. The Balaban J connectivity index is 1.59. The number of carboxylic acids is 1. The lowest BCUT2D eigenvalue weighted by molar-refractivity contribution is -0.147. The molecule has 0 fully saturated rings. The van der Waals surface area contributed by atoms with Crippen molar-refractivity contribution in [3.8, 4) is 11.1 Å². The Hall–Kier alpha value is -3.53. The molecule has 4 N–H and O–H groups in total. The van der Waals surface area contributed by atoms with Crippen molar-refractivity contribution >= 4 is 18.0 Å². The molecule has 0 heterocycles. The smallest absolute Gasteiger partial charge is 0.407 e. The Morgan fingerprint density at radius 2 is 1.58 bits per heavy atom. The van der Waals surface area contributed by atoms with Crippen molar-refractivity contribution in [2.24, 2.45) is 0 Å². The second-order valence-electron chi connectivity index (χ2n) is 7.58. The van der Waals surface area contributed by atoms with Gasteiger partial charge in [-0.1, -0.05) is 48.5 Å². The van der Waals surface area contributed by atoms with Crippen LogP contribution in [0.5, 0.6) is 0 Å². The lowest BCUT2D eigenvalue weighted by Crippen LogP contribution is -2.48. The average Bonchev–Trinajstić information content (AvgIpc) is 3.10. The molecule has 33 heavy (non-hydrogen) atoms. The number of benzene rings is 2. The lowest BCUT2D eigenvalue weighted by atomic mass is 9.98. The van der Waals surface area contributed by atoms with Gasteiger partial charge in [0.15, 0.2) is 6.10 Å². The SMILES string of the molecule is O=C(NC(CC(F)F)C(=O)NCC[C@H](O)C(=O)O)OCC1c2ccccc2-c2ccccc21. The average molecular weight is 462 g/mol.